The third-order valence-electron chi connectivity index (χ3n) is 3.70. The summed E-state index contributed by atoms with van der Waals surface area (Å²) < 4.78 is 0. The molecule has 0 saturated heterocycles. The number of anilines is 1. The molecule has 1 aromatic heterocycles. The Morgan fingerprint density at radius 1 is 1.24 bits per heavy atom. The Hall–Kier alpha value is -1.74. The van der Waals surface area contributed by atoms with Crippen molar-refractivity contribution >= 4 is 46.5 Å². The van der Waals surface area contributed by atoms with Gasteiger partial charge in [-0.3, -0.25) is 9.89 Å². The van der Waals surface area contributed by atoms with Gasteiger partial charge in [0.25, 0.3) is 0 Å². The van der Waals surface area contributed by atoms with E-state index in [4.69, 9.17) is 34.8 Å². The smallest absolute Gasteiger partial charge is 0.225 e. The highest BCUT2D eigenvalue weighted by atomic mass is 35.5. The van der Waals surface area contributed by atoms with Crippen molar-refractivity contribution in [1.29, 1.82) is 5.26 Å². The monoisotopic (exact) mass is 398 g/mol. The SMILES string of the molecule is CCCCCCC(=O)Nc1n[nH]c(-c2ccc(Cl)c(Cl)c2Cl)c1C#N. The summed E-state index contributed by atoms with van der Waals surface area (Å²) in [6, 6.07) is 5.27. The molecular formula is C17H17Cl3N4O. The second-order valence-electron chi connectivity index (χ2n) is 5.52. The highest BCUT2D eigenvalue weighted by Gasteiger charge is 2.20. The van der Waals surface area contributed by atoms with Gasteiger partial charge in [-0.25, -0.2) is 0 Å². The van der Waals surface area contributed by atoms with Crippen LogP contribution in [0.25, 0.3) is 11.3 Å². The minimum absolute atomic E-state index is 0.175. The van der Waals surface area contributed by atoms with Crippen LogP contribution in [-0.2, 0) is 4.79 Å². The predicted octanol–water partition coefficient (Wildman–Crippen LogP) is 5.82. The van der Waals surface area contributed by atoms with E-state index in [1.54, 1.807) is 12.1 Å². The summed E-state index contributed by atoms with van der Waals surface area (Å²) in [4.78, 5) is 12.0. The number of nitrogens with zero attached hydrogens (tertiary/aromatic N) is 2. The fraction of sp³-hybridized carbons (Fsp3) is 0.353. The Morgan fingerprint density at radius 2 is 2.00 bits per heavy atom. The number of unbranched alkanes of at least 4 members (excludes halogenated alkanes) is 3. The van der Waals surface area contributed by atoms with Crippen LogP contribution in [0.1, 0.15) is 44.6 Å². The van der Waals surface area contributed by atoms with Crippen LogP contribution in [0, 0.1) is 11.3 Å². The molecule has 0 aliphatic heterocycles. The van der Waals surface area contributed by atoms with Gasteiger partial charge in [-0.15, -0.1) is 0 Å². The van der Waals surface area contributed by atoms with E-state index in [-0.39, 0.29) is 27.3 Å². The Morgan fingerprint density at radius 3 is 2.68 bits per heavy atom. The number of nitrogens with one attached hydrogen (secondary N) is 2. The van der Waals surface area contributed by atoms with Crippen molar-refractivity contribution in [2.75, 3.05) is 5.32 Å². The molecule has 0 radical (unpaired) electrons. The predicted molar refractivity (Wildman–Crippen MR) is 101 cm³/mol. The summed E-state index contributed by atoms with van der Waals surface area (Å²) in [6.45, 7) is 2.11. The molecule has 1 amide bonds. The van der Waals surface area contributed by atoms with Gasteiger partial charge in [-0.2, -0.15) is 10.4 Å². The Kier molecular flexibility index (Phi) is 7.12. The number of aromatic nitrogens is 2. The number of hydrogen-bond donors (Lipinski definition) is 2. The van der Waals surface area contributed by atoms with Gasteiger partial charge in [-0.05, 0) is 18.6 Å². The number of nitriles is 1. The zero-order chi connectivity index (χ0) is 18.4. The summed E-state index contributed by atoms with van der Waals surface area (Å²) in [5.41, 5.74) is 1.07. The van der Waals surface area contributed by atoms with Crippen molar-refractivity contribution in [2.45, 2.75) is 39.0 Å². The third-order valence-corrected chi connectivity index (χ3v) is 4.99. The summed E-state index contributed by atoms with van der Waals surface area (Å²) in [7, 11) is 0. The Labute approximate surface area is 161 Å². The fourth-order valence-electron chi connectivity index (χ4n) is 2.36. The number of carbonyl (C=O) groups excluding carboxylic acids is 1. The molecule has 132 valence electrons. The molecule has 0 bridgehead atoms. The van der Waals surface area contributed by atoms with E-state index in [1.165, 1.54) is 0 Å². The minimum atomic E-state index is -0.175. The first kappa shape index (κ1) is 19.6. The van der Waals surface area contributed by atoms with E-state index in [9.17, 15) is 10.1 Å². The number of aromatic amines is 1. The molecule has 0 unspecified atom stereocenters. The van der Waals surface area contributed by atoms with E-state index in [0.29, 0.717) is 22.7 Å². The lowest BCUT2D eigenvalue weighted by Crippen LogP contribution is -2.12. The molecular weight excluding hydrogens is 383 g/mol. The van der Waals surface area contributed by atoms with Gasteiger partial charge in [0.1, 0.15) is 11.6 Å². The lowest BCUT2D eigenvalue weighted by molar-refractivity contribution is -0.116. The topological polar surface area (TPSA) is 81.6 Å². The van der Waals surface area contributed by atoms with Crippen molar-refractivity contribution in [3.8, 4) is 17.3 Å². The van der Waals surface area contributed by atoms with Crippen LogP contribution in [-0.4, -0.2) is 16.1 Å². The molecule has 2 rings (SSSR count). The molecule has 0 atom stereocenters. The molecule has 0 aliphatic rings. The first-order valence-electron chi connectivity index (χ1n) is 7.91. The maximum Gasteiger partial charge on any atom is 0.225 e. The van der Waals surface area contributed by atoms with E-state index in [1.807, 2.05) is 6.07 Å². The van der Waals surface area contributed by atoms with E-state index in [2.05, 4.69) is 22.4 Å². The molecule has 0 saturated carbocycles. The molecule has 1 heterocycles. The standard InChI is InChI=1S/C17H17Cl3N4O/c1-2-3-4-5-6-13(25)22-17-11(9-21)16(23-24-17)10-7-8-12(18)15(20)14(10)19/h7-8H,2-6H2,1H3,(H2,22,23,24,25). The van der Waals surface area contributed by atoms with Gasteiger partial charge < -0.3 is 5.32 Å². The summed E-state index contributed by atoms with van der Waals surface area (Å²) >= 11 is 18.2. The lowest BCUT2D eigenvalue weighted by Gasteiger charge is -2.06. The zero-order valence-corrected chi connectivity index (χ0v) is 15.9. The van der Waals surface area contributed by atoms with Crippen LogP contribution < -0.4 is 5.32 Å². The molecule has 5 nitrogen and oxygen atoms in total. The summed E-state index contributed by atoms with van der Waals surface area (Å²) in [5.74, 6) is 0.00557. The van der Waals surface area contributed by atoms with Crippen molar-refractivity contribution in [1.82, 2.24) is 10.2 Å². The average molecular weight is 400 g/mol. The molecule has 1 aromatic carbocycles. The van der Waals surface area contributed by atoms with Crippen LogP contribution in [0.2, 0.25) is 15.1 Å². The van der Waals surface area contributed by atoms with Crippen LogP contribution in [0.15, 0.2) is 12.1 Å². The second kappa shape index (κ2) is 9.10. The summed E-state index contributed by atoms with van der Waals surface area (Å²) in [5, 5.41) is 19.6. The van der Waals surface area contributed by atoms with Crippen molar-refractivity contribution in [2.24, 2.45) is 0 Å². The van der Waals surface area contributed by atoms with Gasteiger partial charge in [0.2, 0.25) is 5.91 Å². The zero-order valence-electron chi connectivity index (χ0n) is 13.6. The van der Waals surface area contributed by atoms with Gasteiger partial charge >= 0.3 is 0 Å². The second-order valence-corrected chi connectivity index (χ2v) is 6.68. The number of carbonyl (C=O) groups is 1. The number of H-pyrrole nitrogens is 1. The van der Waals surface area contributed by atoms with E-state index >= 15 is 0 Å². The Balaban J connectivity index is 2.21. The van der Waals surface area contributed by atoms with Crippen molar-refractivity contribution < 1.29 is 4.79 Å². The molecule has 25 heavy (non-hydrogen) atoms. The number of hydrogen-bond acceptors (Lipinski definition) is 3. The highest BCUT2D eigenvalue weighted by Crippen LogP contribution is 2.39. The average Bonchev–Trinajstić information content (AvgIpc) is 2.99. The first-order chi connectivity index (χ1) is 12.0. The third kappa shape index (κ3) is 4.66. The number of halogens is 3. The normalized spacial score (nSPS) is 10.5. The van der Waals surface area contributed by atoms with Crippen LogP contribution in [0.4, 0.5) is 5.82 Å². The quantitative estimate of drug-likeness (QED) is 0.455. The van der Waals surface area contributed by atoms with Crippen molar-refractivity contribution in [3.63, 3.8) is 0 Å². The van der Waals surface area contributed by atoms with E-state index in [0.717, 1.165) is 25.7 Å². The van der Waals surface area contributed by atoms with Crippen LogP contribution >= 0.6 is 34.8 Å². The van der Waals surface area contributed by atoms with Crippen LogP contribution in [0.3, 0.4) is 0 Å². The first-order valence-corrected chi connectivity index (χ1v) is 9.05. The number of rotatable bonds is 7. The molecule has 8 heteroatoms. The number of amides is 1. The van der Waals surface area contributed by atoms with Gasteiger partial charge in [-0.1, -0.05) is 61.0 Å². The molecule has 0 spiro atoms. The highest BCUT2D eigenvalue weighted by molar-refractivity contribution is 6.49. The van der Waals surface area contributed by atoms with Crippen LogP contribution in [0.5, 0.6) is 0 Å². The maximum absolute atomic E-state index is 12.0. The van der Waals surface area contributed by atoms with Gasteiger partial charge in [0, 0.05) is 12.0 Å². The number of benzene rings is 1. The molecule has 0 fully saturated rings. The van der Waals surface area contributed by atoms with E-state index < -0.39 is 0 Å². The summed E-state index contributed by atoms with van der Waals surface area (Å²) in [6.07, 6.45) is 4.39. The van der Waals surface area contributed by atoms with Gasteiger partial charge in [0.15, 0.2) is 5.82 Å². The van der Waals surface area contributed by atoms with Gasteiger partial charge in [0.05, 0.1) is 20.8 Å². The maximum atomic E-state index is 12.0. The molecule has 0 aliphatic carbocycles. The largest absolute Gasteiger partial charge is 0.308 e. The molecule has 2 aromatic rings. The minimum Gasteiger partial charge on any atom is -0.308 e. The van der Waals surface area contributed by atoms with Crippen molar-refractivity contribution in [3.05, 3.63) is 32.8 Å². The molecule has 2 N–H and O–H groups in total. The fourth-order valence-corrected chi connectivity index (χ4v) is 2.99. The lowest BCUT2D eigenvalue weighted by atomic mass is 10.1. The Bertz CT molecular complexity index is 811.